The number of ketones is 1. The Hall–Kier alpha value is -3.10. The van der Waals surface area contributed by atoms with E-state index >= 15 is 0 Å². The minimum Gasteiger partial charge on any atom is -0.341 e. The number of alkyl halides is 2. The van der Waals surface area contributed by atoms with E-state index in [-0.39, 0.29) is 12.8 Å². The van der Waals surface area contributed by atoms with E-state index in [0.29, 0.717) is 5.69 Å². The van der Waals surface area contributed by atoms with Crippen LogP contribution in [0.15, 0.2) is 36.7 Å². The Balaban J connectivity index is 1.51. The molecule has 0 radical (unpaired) electrons. The molecule has 0 aromatic carbocycles. The summed E-state index contributed by atoms with van der Waals surface area (Å²) in [6.45, 7) is -0.437. The van der Waals surface area contributed by atoms with Crippen molar-refractivity contribution in [1.82, 2.24) is 19.8 Å². The number of rotatable bonds is 4. The number of Topliss-reactive ketones (excluding diaryl/α,β-unsaturated/α-hetero) is 1. The Morgan fingerprint density at radius 1 is 1.17 bits per heavy atom. The summed E-state index contributed by atoms with van der Waals surface area (Å²) >= 11 is 0. The molecule has 1 saturated carbocycles. The largest absolute Gasteiger partial charge is 0.341 e. The maximum Gasteiger partial charge on any atom is 0.325 e. The Morgan fingerprint density at radius 3 is 2.55 bits per heavy atom. The van der Waals surface area contributed by atoms with E-state index in [0.717, 1.165) is 16.2 Å². The molecule has 29 heavy (non-hydrogen) atoms. The molecular weight excluding hydrogens is 382 g/mol. The summed E-state index contributed by atoms with van der Waals surface area (Å²) in [6, 6.07) is 6.32. The topological polar surface area (TPSA) is 84.3 Å². The van der Waals surface area contributed by atoms with Gasteiger partial charge >= 0.3 is 6.03 Å². The molecule has 7 nitrogen and oxygen atoms in total. The average Bonchev–Trinajstić information content (AvgIpc) is 3.18. The van der Waals surface area contributed by atoms with Crippen molar-refractivity contribution >= 4 is 17.7 Å². The van der Waals surface area contributed by atoms with E-state index in [9.17, 15) is 23.2 Å². The van der Waals surface area contributed by atoms with Crippen LogP contribution in [0.1, 0.15) is 36.2 Å². The molecule has 1 N–H and O–H groups in total. The van der Waals surface area contributed by atoms with Gasteiger partial charge in [0, 0.05) is 43.5 Å². The van der Waals surface area contributed by atoms with Gasteiger partial charge in [-0.1, -0.05) is 0 Å². The molecular formula is C20H20F2N4O3. The van der Waals surface area contributed by atoms with Crippen molar-refractivity contribution < 1.29 is 23.2 Å². The normalized spacial score (nSPS) is 20.2. The number of imide groups is 1. The zero-order chi connectivity index (χ0) is 20.8. The van der Waals surface area contributed by atoms with E-state index in [1.165, 1.54) is 0 Å². The highest BCUT2D eigenvalue weighted by molar-refractivity contribution is 6.11. The predicted octanol–water partition coefficient (Wildman–Crippen LogP) is 2.77. The van der Waals surface area contributed by atoms with E-state index in [4.69, 9.17) is 0 Å². The number of halogens is 2. The summed E-state index contributed by atoms with van der Waals surface area (Å²) in [5, 5.41) is 2.55. The number of carbonyl (C=O) groups excluding carboxylic acids is 3. The van der Waals surface area contributed by atoms with Gasteiger partial charge in [-0.2, -0.15) is 0 Å². The predicted molar refractivity (Wildman–Crippen MR) is 99.4 cm³/mol. The third-order valence-electron chi connectivity index (χ3n) is 5.75. The Kier molecular flexibility index (Phi) is 4.48. The highest BCUT2D eigenvalue weighted by Gasteiger charge is 2.55. The molecule has 1 aliphatic heterocycles. The molecule has 152 valence electrons. The van der Waals surface area contributed by atoms with Crippen molar-refractivity contribution in [3.63, 3.8) is 0 Å². The van der Waals surface area contributed by atoms with E-state index in [1.54, 1.807) is 42.2 Å². The van der Waals surface area contributed by atoms with Crippen LogP contribution >= 0.6 is 0 Å². The molecule has 4 rings (SSSR count). The van der Waals surface area contributed by atoms with Gasteiger partial charge < -0.3 is 9.88 Å². The minimum absolute atomic E-state index is 0.134. The molecule has 2 aliphatic rings. The maximum absolute atomic E-state index is 13.5. The van der Waals surface area contributed by atoms with Crippen molar-refractivity contribution in [2.75, 3.05) is 6.54 Å². The molecule has 0 unspecified atom stereocenters. The first kappa shape index (κ1) is 19.2. The number of aromatic nitrogens is 2. The second-order valence-electron chi connectivity index (χ2n) is 7.59. The smallest absolute Gasteiger partial charge is 0.325 e. The third-order valence-corrected chi connectivity index (χ3v) is 5.75. The van der Waals surface area contributed by atoms with Crippen LogP contribution in [0.5, 0.6) is 0 Å². The van der Waals surface area contributed by atoms with Gasteiger partial charge in [0.25, 0.3) is 5.91 Å². The standard InChI is InChI=1S/C20H20F2N4O3/c1-25-14(13-3-2-10-23-11-13)4-5-15(25)16(27)12-26-17(28)19(24-18(26)29)6-8-20(21,22)9-7-19/h2-5,10-11H,6-9,12H2,1H3,(H,24,29). The molecule has 2 aromatic heterocycles. The van der Waals surface area contributed by atoms with Gasteiger partial charge in [0.2, 0.25) is 5.92 Å². The lowest BCUT2D eigenvalue weighted by Crippen LogP contribution is -2.51. The van der Waals surface area contributed by atoms with Crippen molar-refractivity contribution in [3.05, 3.63) is 42.4 Å². The molecule has 0 bridgehead atoms. The molecule has 3 heterocycles. The number of carbonyl (C=O) groups is 3. The molecule has 1 aliphatic carbocycles. The van der Waals surface area contributed by atoms with Crippen molar-refractivity contribution in [1.29, 1.82) is 0 Å². The molecule has 2 aromatic rings. The van der Waals surface area contributed by atoms with E-state index < -0.39 is 48.6 Å². The summed E-state index contributed by atoms with van der Waals surface area (Å²) in [4.78, 5) is 42.8. The minimum atomic E-state index is -2.83. The number of urea groups is 1. The SMILES string of the molecule is Cn1c(C(=O)CN2C(=O)NC3(CCC(F)(F)CC3)C2=O)ccc1-c1cccnc1. The lowest BCUT2D eigenvalue weighted by Gasteiger charge is -2.34. The Morgan fingerprint density at radius 2 is 1.90 bits per heavy atom. The highest BCUT2D eigenvalue weighted by Crippen LogP contribution is 2.41. The van der Waals surface area contributed by atoms with Crippen LogP contribution in [-0.4, -0.2) is 50.2 Å². The lowest BCUT2D eigenvalue weighted by molar-refractivity contribution is -0.135. The number of pyridine rings is 1. The fraction of sp³-hybridized carbons (Fsp3) is 0.400. The van der Waals surface area contributed by atoms with Gasteiger partial charge in [0.05, 0.1) is 12.2 Å². The first-order valence-electron chi connectivity index (χ1n) is 9.34. The average molecular weight is 402 g/mol. The summed E-state index contributed by atoms with van der Waals surface area (Å²) < 4.78 is 28.6. The van der Waals surface area contributed by atoms with Gasteiger partial charge in [-0.3, -0.25) is 19.5 Å². The number of amides is 3. The second-order valence-corrected chi connectivity index (χ2v) is 7.59. The molecule has 1 spiro atoms. The van der Waals surface area contributed by atoms with Gasteiger partial charge in [0.15, 0.2) is 5.78 Å². The van der Waals surface area contributed by atoms with E-state index in [1.807, 2.05) is 6.07 Å². The number of hydrogen-bond acceptors (Lipinski definition) is 4. The van der Waals surface area contributed by atoms with Crippen LogP contribution in [0.25, 0.3) is 11.3 Å². The van der Waals surface area contributed by atoms with Crippen molar-refractivity contribution in [3.8, 4) is 11.3 Å². The number of nitrogens with one attached hydrogen (secondary N) is 1. The molecule has 0 atom stereocenters. The lowest BCUT2D eigenvalue weighted by atomic mass is 9.80. The van der Waals surface area contributed by atoms with Crippen LogP contribution in [0, 0.1) is 0 Å². The van der Waals surface area contributed by atoms with Crippen LogP contribution in [0.2, 0.25) is 0 Å². The fourth-order valence-electron chi connectivity index (χ4n) is 4.02. The summed E-state index contributed by atoms with van der Waals surface area (Å²) in [7, 11) is 1.71. The van der Waals surface area contributed by atoms with Gasteiger partial charge in [-0.25, -0.2) is 13.6 Å². The van der Waals surface area contributed by atoms with Crippen LogP contribution < -0.4 is 5.32 Å². The third kappa shape index (κ3) is 3.30. The molecule has 1 saturated heterocycles. The summed E-state index contributed by atoms with van der Waals surface area (Å²) in [5.41, 5.74) is 0.602. The molecule has 3 amide bonds. The van der Waals surface area contributed by atoms with E-state index in [2.05, 4.69) is 10.3 Å². The van der Waals surface area contributed by atoms with Crippen LogP contribution in [0.4, 0.5) is 13.6 Å². The van der Waals surface area contributed by atoms with Crippen LogP contribution in [0.3, 0.4) is 0 Å². The number of hydrogen-bond donors (Lipinski definition) is 1. The second kappa shape index (κ2) is 6.75. The fourth-order valence-corrected chi connectivity index (χ4v) is 4.02. The Labute approximate surface area is 165 Å². The first-order chi connectivity index (χ1) is 13.7. The van der Waals surface area contributed by atoms with Gasteiger partial charge in [0.1, 0.15) is 5.54 Å². The first-order valence-corrected chi connectivity index (χ1v) is 9.34. The quantitative estimate of drug-likeness (QED) is 0.630. The molecule has 9 heteroatoms. The number of nitrogens with zero attached hydrogens (tertiary/aromatic N) is 3. The van der Waals surface area contributed by atoms with Crippen molar-refractivity contribution in [2.24, 2.45) is 7.05 Å². The Bertz CT molecular complexity index is 977. The summed E-state index contributed by atoms with van der Waals surface area (Å²) in [5.74, 6) is -3.84. The van der Waals surface area contributed by atoms with Gasteiger partial charge in [-0.15, -0.1) is 0 Å². The maximum atomic E-state index is 13.5. The van der Waals surface area contributed by atoms with Crippen molar-refractivity contribution in [2.45, 2.75) is 37.1 Å². The van der Waals surface area contributed by atoms with Gasteiger partial charge in [-0.05, 0) is 37.1 Å². The zero-order valence-electron chi connectivity index (χ0n) is 15.8. The summed E-state index contributed by atoms with van der Waals surface area (Å²) in [6.07, 6.45) is 2.12. The zero-order valence-corrected chi connectivity index (χ0v) is 15.8. The highest BCUT2D eigenvalue weighted by atomic mass is 19.3. The molecule has 2 fully saturated rings. The monoisotopic (exact) mass is 402 g/mol. The van der Waals surface area contributed by atoms with Crippen LogP contribution in [-0.2, 0) is 11.8 Å².